The zero-order valence-electron chi connectivity index (χ0n) is 5.77. The standard InChI is InChI=1S/C4H8O2.Rb.H/c1-2-3-4(5)6;;/h2-3H2,1H3,(H,5,6);;/q;+1;-1. The van der Waals surface area contributed by atoms with Gasteiger partial charge in [-0.05, 0) is 6.42 Å². The van der Waals surface area contributed by atoms with Crippen molar-refractivity contribution in [2.24, 2.45) is 0 Å². The molecule has 0 aliphatic carbocycles. The van der Waals surface area contributed by atoms with Crippen molar-refractivity contribution in [3.05, 3.63) is 0 Å². The van der Waals surface area contributed by atoms with E-state index in [-0.39, 0.29) is 59.6 Å². The smallest absolute Gasteiger partial charge is 1.00 e. The maximum atomic E-state index is 9.60. The van der Waals surface area contributed by atoms with Crippen molar-refractivity contribution in [3.8, 4) is 0 Å². The second-order valence-corrected chi connectivity index (χ2v) is 1.14. The van der Waals surface area contributed by atoms with Gasteiger partial charge < -0.3 is 6.53 Å². The fraction of sp³-hybridized carbons (Fsp3) is 0.750. The van der Waals surface area contributed by atoms with Crippen LogP contribution in [0, 0.1) is 0 Å². The largest absolute Gasteiger partial charge is 1.00 e. The van der Waals surface area contributed by atoms with E-state index in [9.17, 15) is 4.79 Å². The predicted octanol–water partition coefficient (Wildman–Crippen LogP) is -2.01. The van der Waals surface area contributed by atoms with Crippen molar-refractivity contribution in [3.63, 3.8) is 0 Å². The Labute approximate surface area is 93.6 Å². The average molecular weight is 175 g/mol. The first-order valence-electron chi connectivity index (χ1n) is 1.99. The van der Waals surface area contributed by atoms with Gasteiger partial charge in [-0.1, -0.05) is 6.92 Å². The first-order valence-corrected chi connectivity index (χ1v) is 1.99. The molecule has 0 saturated heterocycles. The predicted molar refractivity (Wildman–Crippen MR) is 23.7 cm³/mol. The third-order valence-electron chi connectivity index (χ3n) is 0.464. The molecular formula is C4H9O2Rb. The van der Waals surface area contributed by atoms with Crippen LogP contribution in [0.2, 0.25) is 0 Å². The van der Waals surface area contributed by atoms with E-state index in [2.05, 4.69) is 0 Å². The molecule has 0 unspecified atom stereocenters. The van der Waals surface area contributed by atoms with E-state index in [1.807, 2.05) is 6.92 Å². The summed E-state index contributed by atoms with van der Waals surface area (Å²) >= 11 is 0. The fourth-order valence-corrected chi connectivity index (χ4v) is 0.214. The van der Waals surface area contributed by atoms with Crippen LogP contribution in [-0.4, -0.2) is 11.1 Å². The van der Waals surface area contributed by atoms with Crippen LogP contribution in [0.5, 0.6) is 0 Å². The van der Waals surface area contributed by atoms with Crippen LogP contribution in [0.15, 0.2) is 0 Å². The van der Waals surface area contributed by atoms with E-state index in [1.165, 1.54) is 0 Å². The van der Waals surface area contributed by atoms with Crippen LogP contribution >= 0.6 is 0 Å². The molecule has 0 aromatic rings. The fourth-order valence-electron chi connectivity index (χ4n) is 0.214. The number of carbonyl (C=O) groups is 1. The molecule has 2 nitrogen and oxygen atoms in total. The summed E-state index contributed by atoms with van der Waals surface area (Å²) in [5, 5.41) is 7.91. The maximum absolute atomic E-state index is 9.60. The molecule has 0 amide bonds. The molecule has 1 N–H and O–H groups in total. The van der Waals surface area contributed by atoms with Gasteiger partial charge in [0, 0.05) is 6.42 Å². The van der Waals surface area contributed by atoms with Gasteiger partial charge in [0.1, 0.15) is 0 Å². The molecular weight excluding hydrogens is 166 g/mol. The molecule has 0 fully saturated rings. The summed E-state index contributed by atoms with van der Waals surface area (Å²) in [7, 11) is 0. The van der Waals surface area contributed by atoms with Gasteiger partial charge in [-0.3, -0.25) is 4.79 Å². The normalized spacial score (nSPS) is 7.00. The first-order chi connectivity index (χ1) is 2.77. The number of hydrogen-bond acceptors (Lipinski definition) is 1. The van der Waals surface area contributed by atoms with Gasteiger partial charge in [-0.2, -0.15) is 0 Å². The molecule has 0 radical (unpaired) electrons. The summed E-state index contributed by atoms with van der Waals surface area (Å²) < 4.78 is 0. The molecule has 0 aromatic heterocycles. The van der Waals surface area contributed by atoms with Crippen LogP contribution in [-0.2, 0) is 4.79 Å². The van der Waals surface area contributed by atoms with Gasteiger partial charge in [0.05, 0.1) is 0 Å². The molecule has 0 rings (SSSR count). The van der Waals surface area contributed by atoms with E-state index < -0.39 is 5.97 Å². The Hall–Kier alpha value is 1.28. The minimum Gasteiger partial charge on any atom is -1.00 e. The molecule has 0 saturated carbocycles. The van der Waals surface area contributed by atoms with Crippen LogP contribution in [0.3, 0.4) is 0 Å². The molecule has 0 aromatic carbocycles. The van der Waals surface area contributed by atoms with Crippen molar-refractivity contribution in [1.82, 2.24) is 0 Å². The minimum atomic E-state index is -0.711. The van der Waals surface area contributed by atoms with Crippen molar-refractivity contribution in [2.75, 3.05) is 0 Å². The molecule has 0 atom stereocenters. The Kier molecular flexibility index (Phi) is 11.6. The van der Waals surface area contributed by atoms with Crippen molar-refractivity contribution < 1.29 is 69.5 Å². The molecule has 0 spiro atoms. The summed E-state index contributed by atoms with van der Waals surface area (Å²) in [5.41, 5.74) is 0. The third-order valence-corrected chi connectivity index (χ3v) is 0.464. The molecule has 7 heavy (non-hydrogen) atoms. The topological polar surface area (TPSA) is 37.3 Å². The summed E-state index contributed by atoms with van der Waals surface area (Å²) in [6.45, 7) is 1.84. The Balaban J connectivity index is -0.000000125. The monoisotopic (exact) mass is 174 g/mol. The number of rotatable bonds is 2. The van der Waals surface area contributed by atoms with Gasteiger partial charge in [-0.25, -0.2) is 0 Å². The van der Waals surface area contributed by atoms with Gasteiger partial charge in [0.2, 0.25) is 0 Å². The minimum absolute atomic E-state index is 0. The van der Waals surface area contributed by atoms with E-state index in [0.29, 0.717) is 6.42 Å². The van der Waals surface area contributed by atoms with Crippen molar-refractivity contribution in [1.29, 1.82) is 0 Å². The number of hydrogen-bond donors (Lipinski definition) is 1. The van der Waals surface area contributed by atoms with Crippen LogP contribution in [0.4, 0.5) is 0 Å². The first kappa shape index (κ1) is 11.1. The van der Waals surface area contributed by atoms with E-state index in [0.717, 1.165) is 6.42 Å². The van der Waals surface area contributed by atoms with Crippen LogP contribution < -0.4 is 58.2 Å². The van der Waals surface area contributed by atoms with Crippen LogP contribution in [0.25, 0.3) is 0 Å². The Morgan fingerprint density at radius 1 is 1.86 bits per heavy atom. The second kappa shape index (κ2) is 7.28. The van der Waals surface area contributed by atoms with Crippen molar-refractivity contribution >= 4 is 5.97 Å². The summed E-state index contributed by atoms with van der Waals surface area (Å²) in [5.74, 6) is -0.711. The molecule has 0 heterocycles. The maximum Gasteiger partial charge on any atom is 1.00 e. The Morgan fingerprint density at radius 2 is 2.29 bits per heavy atom. The summed E-state index contributed by atoms with van der Waals surface area (Å²) in [4.78, 5) is 9.60. The van der Waals surface area contributed by atoms with Gasteiger partial charge in [-0.15, -0.1) is 0 Å². The zero-order chi connectivity index (χ0) is 4.99. The third kappa shape index (κ3) is 11.1. The Bertz CT molecular complexity index is 58.0. The number of carboxylic acid groups (broad SMARTS) is 1. The number of carboxylic acids is 1. The second-order valence-electron chi connectivity index (χ2n) is 1.14. The number of aliphatic carboxylic acids is 1. The molecule has 38 valence electrons. The van der Waals surface area contributed by atoms with Gasteiger partial charge >= 0.3 is 64.2 Å². The Morgan fingerprint density at radius 3 is 2.29 bits per heavy atom. The summed E-state index contributed by atoms with van der Waals surface area (Å²) in [6, 6.07) is 0. The van der Waals surface area contributed by atoms with E-state index in [4.69, 9.17) is 5.11 Å². The molecule has 3 heteroatoms. The van der Waals surface area contributed by atoms with Crippen molar-refractivity contribution in [2.45, 2.75) is 19.8 Å². The quantitative estimate of drug-likeness (QED) is 0.525. The molecule has 0 aliphatic heterocycles. The average Bonchev–Trinajstić information content (AvgIpc) is 1.35. The van der Waals surface area contributed by atoms with Gasteiger partial charge in [0.15, 0.2) is 0 Å². The van der Waals surface area contributed by atoms with E-state index in [1.54, 1.807) is 0 Å². The van der Waals surface area contributed by atoms with Crippen LogP contribution in [0.1, 0.15) is 21.2 Å². The zero-order valence-corrected chi connectivity index (χ0v) is 9.69. The van der Waals surface area contributed by atoms with E-state index >= 15 is 0 Å². The summed E-state index contributed by atoms with van der Waals surface area (Å²) in [6.07, 6.45) is 1.02. The molecule has 0 bridgehead atoms. The SMILES string of the molecule is CCCC(=O)O.[H-].[Rb+]. The van der Waals surface area contributed by atoms with Gasteiger partial charge in [0.25, 0.3) is 0 Å². The molecule has 0 aliphatic rings.